The molecule has 0 heterocycles. The Kier molecular flexibility index (Phi) is 4.66. The Bertz CT molecular complexity index is 592. The highest BCUT2D eigenvalue weighted by Crippen LogP contribution is 2.39. The van der Waals surface area contributed by atoms with Gasteiger partial charge in [-0.3, -0.25) is 4.79 Å². The van der Waals surface area contributed by atoms with Crippen molar-refractivity contribution < 1.29 is 9.90 Å². The molecule has 0 aliphatic heterocycles. The number of halogens is 2. The second-order valence-electron chi connectivity index (χ2n) is 4.72. The molecule has 2 unspecified atom stereocenters. The van der Waals surface area contributed by atoms with E-state index in [2.05, 4.69) is 31.9 Å². The first-order valence-electron chi connectivity index (χ1n) is 6.14. The second kappa shape index (κ2) is 6.10. The van der Waals surface area contributed by atoms with Gasteiger partial charge in [-0.05, 0) is 23.6 Å². The molecule has 104 valence electrons. The summed E-state index contributed by atoms with van der Waals surface area (Å²) in [5, 5.41) is 9.13. The van der Waals surface area contributed by atoms with Crippen LogP contribution in [0, 0.1) is 0 Å². The molecule has 2 aromatic rings. The number of hydrogen-bond acceptors (Lipinski definition) is 1. The molecular formula is C16H14Br2O2. The number of carbonyl (C=O) groups is 1. The van der Waals surface area contributed by atoms with E-state index in [4.69, 9.17) is 5.11 Å². The number of aliphatic carboxylic acids is 1. The van der Waals surface area contributed by atoms with Crippen molar-refractivity contribution in [3.63, 3.8) is 0 Å². The first-order chi connectivity index (χ1) is 9.43. The molecule has 20 heavy (non-hydrogen) atoms. The van der Waals surface area contributed by atoms with Gasteiger partial charge in [0.15, 0.2) is 0 Å². The monoisotopic (exact) mass is 396 g/mol. The summed E-state index contributed by atoms with van der Waals surface area (Å²) < 4.78 is -0.659. The van der Waals surface area contributed by atoms with E-state index in [1.165, 1.54) is 0 Å². The average Bonchev–Trinajstić information content (AvgIpc) is 2.47. The van der Waals surface area contributed by atoms with Crippen LogP contribution in [0.4, 0.5) is 0 Å². The van der Waals surface area contributed by atoms with Crippen molar-refractivity contribution in [2.45, 2.75) is 16.1 Å². The van der Waals surface area contributed by atoms with Crippen molar-refractivity contribution in [2.75, 3.05) is 0 Å². The highest BCUT2D eigenvalue weighted by atomic mass is 79.9. The van der Waals surface area contributed by atoms with Crippen LogP contribution in [-0.2, 0) is 9.12 Å². The highest BCUT2D eigenvalue weighted by molar-refractivity contribution is 9.12. The maximum atomic E-state index is 11.1. The van der Waals surface area contributed by atoms with Crippen molar-refractivity contribution in [3.05, 3.63) is 60.2 Å². The summed E-state index contributed by atoms with van der Waals surface area (Å²) in [4.78, 5) is 10.4. The van der Waals surface area contributed by atoms with E-state index >= 15 is 0 Å². The van der Waals surface area contributed by atoms with Gasteiger partial charge in [0, 0.05) is 0 Å². The number of carboxylic acids is 1. The largest absolute Gasteiger partial charge is 0.480 e. The molecule has 0 aliphatic rings. The maximum Gasteiger partial charge on any atom is 0.319 e. The Morgan fingerprint density at radius 3 is 2.05 bits per heavy atom. The molecule has 0 saturated heterocycles. The summed E-state index contributed by atoms with van der Waals surface area (Å²) in [5.41, 5.74) is 3.17. The van der Waals surface area contributed by atoms with Gasteiger partial charge >= 0.3 is 5.97 Å². The standard InChI is InChI=1S/C16H14Br2O2/c1-16(18,14(17)15(19)20)13-9-7-12(8-10-13)11-5-3-2-4-6-11/h2-10,14H,1H3,(H,19,20). The SMILES string of the molecule is CC(Br)(c1ccc(-c2ccccc2)cc1)C(Br)C(=O)O. The van der Waals surface area contributed by atoms with Crippen LogP contribution in [0.2, 0.25) is 0 Å². The summed E-state index contributed by atoms with van der Waals surface area (Å²) in [6.07, 6.45) is 0. The lowest BCUT2D eigenvalue weighted by Gasteiger charge is -2.26. The van der Waals surface area contributed by atoms with E-state index in [0.717, 1.165) is 16.7 Å². The third-order valence-electron chi connectivity index (χ3n) is 3.25. The predicted molar refractivity (Wildman–Crippen MR) is 88.5 cm³/mol. The van der Waals surface area contributed by atoms with Gasteiger partial charge in [0.25, 0.3) is 0 Å². The smallest absolute Gasteiger partial charge is 0.319 e. The zero-order valence-corrected chi connectivity index (χ0v) is 14.1. The van der Waals surface area contributed by atoms with E-state index in [9.17, 15) is 4.79 Å². The normalized spacial score (nSPS) is 15.3. The summed E-state index contributed by atoms with van der Waals surface area (Å²) in [6, 6.07) is 18.0. The maximum absolute atomic E-state index is 11.1. The van der Waals surface area contributed by atoms with Crippen molar-refractivity contribution in [3.8, 4) is 11.1 Å². The molecule has 0 saturated carbocycles. The van der Waals surface area contributed by atoms with Crippen molar-refractivity contribution in [2.24, 2.45) is 0 Å². The van der Waals surface area contributed by atoms with Crippen LogP contribution < -0.4 is 0 Å². The zero-order valence-electron chi connectivity index (χ0n) is 10.9. The Labute approximate surface area is 135 Å². The molecule has 0 aromatic heterocycles. The average molecular weight is 398 g/mol. The summed E-state index contributed by atoms with van der Waals surface area (Å²) in [7, 11) is 0. The lowest BCUT2D eigenvalue weighted by atomic mass is 9.95. The fourth-order valence-corrected chi connectivity index (χ4v) is 2.72. The topological polar surface area (TPSA) is 37.3 Å². The predicted octanol–water partition coefficient (Wildman–Crippen LogP) is 4.81. The molecule has 0 fully saturated rings. The number of carboxylic acid groups (broad SMARTS) is 1. The molecule has 4 heteroatoms. The summed E-state index contributed by atoms with van der Waals surface area (Å²) in [5.74, 6) is -0.892. The molecule has 2 rings (SSSR count). The van der Waals surface area contributed by atoms with E-state index in [1.54, 1.807) is 0 Å². The van der Waals surface area contributed by atoms with Crippen LogP contribution >= 0.6 is 31.9 Å². The van der Waals surface area contributed by atoms with Crippen molar-refractivity contribution >= 4 is 37.8 Å². The Balaban J connectivity index is 2.31. The minimum Gasteiger partial charge on any atom is -0.480 e. The fourth-order valence-electron chi connectivity index (χ4n) is 2.00. The second-order valence-corrected chi connectivity index (χ2v) is 7.28. The van der Waals surface area contributed by atoms with Gasteiger partial charge in [0.2, 0.25) is 0 Å². The van der Waals surface area contributed by atoms with Gasteiger partial charge in [0.1, 0.15) is 4.83 Å². The van der Waals surface area contributed by atoms with Gasteiger partial charge in [-0.1, -0.05) is 86.5 Å². The van der Waals surface area contributed by atoms with Gasteiger partial charge in [-0.25, -0.2) is 0 Å². The first-order valence-corrected chi connectivity index (χ1v) is 7.85. The van der Waals surface area contributed by atoms with Gasteiger partial charge in [-0.2, -0.15) is 0 Å². The van der Waals surface area contributed by atoms with Crippen LogP contribution in [0.25, 0.3) is 11.1 Å². The zero-order chi connectivity index (χ0) is 14.8. The van der Waals surface area contributed by atoms with Gasteiger partial charge < -0.3 is 5.11 Å². The van der Waals surface area contributed by atoms with Gasteiger partial charge in [0.05, 0.1) is 4.32 Å². The Morgan fingerprint density at radius 2 is 1.55 bits per heavy atom. The van der Waals surface area contributed by atoms with Crippen LogP contribution in [0.5, 0.6) is 0 Å². The summed E-state index contributed by atoms with van der Waals surface area (Å²) >= 11 is 6.73. The molecule has 0 spiro atoms. The number of benzene rings is 2. The van der Waals surface area contributed by atoms with Crippen molar-refractivity contribution in [1.82, 2.24) is 0 Å². The van der Waals surface area contributed by atoms with Crippen LogP contribution in [0.3, 0.4) is 0 Å². The third kappa shape index (κ3) is 3.13. The van der Waals surface area contributed by atoms with E-state index < -0.39 is 15.1 Å². The number of rotatable bonds is 4. The van der Waals surface area contributed by atoms with E-state index in [-0.39, 0.29) is 0 Å². The third-order valence-corrected chi connectivity index (χ3v) is 6.09. The minimum atomic E-state index is -0.892. The molecule has 0 bridgehead atoms. The van der Waals surface area contributed by atoms with Crippen molar-refractivity contribution in [1.29, 1.82) is 0 Å². The Hall–Kier alpha value is -1.13. The first kappa shape index (κ1) is 15.3. The lowest BCUT2D eigenvalue weighted by molar-refractivity contribution is -0.136. The number of alkyl halides is 2. The summed E-state index contributed by atoms with van der Waals surface area (Å²) in [6.45, 7) is 1.85. The molecular weight excluding hydrogens is 384 g/mol. The quantitative estimate of drug-likeness (QED) is 0.751. The molecule has 0 aliphatic carbocycles. The molecule has 0 radical (unpaired) electrons. The number of hydrogen-bond donors (Lipinski definition) is 1. The van der Waals surface area contributed by atoms with Crippen LogP contribution in [-0.4, -0.2) is 15.9 Å². The molecule has 2 nitrogen and oxygen atoms in total. The highest BCUT2D eigenvalue weighted by Gasteiger charge is 2.36. The molecule has 1 N–H and O–H groups in total. The lowest BCUT2D eigenvalue weighted by Crippen LogP contribution is -2.32. The fraction of sp³-hybridized carbons (Fsp3) is 0.188. The van der Waals surface area contributed by atoms with Crippen LogP contribution in [0.15, 0.2) is 54.6 Å². The molecule has 0 amide bonds. The van der Waals surface area contributed by atoms with Gasteiger partial charge in [-0.15, -0.1) is 0 Å². The minimum absolute atomic E-state index is 0.659. The Morgan fingerprint density at radius 1 is 1.05 bits per heavy atom. The van der Waals surface area contributed by atoms with Crippen LogP contribution in [0.1, 0.15) is 12.5 Å². The van der Waals surface area contributed by atoms with E-state index in [1.807, 2.05) is 61.5 Å². The van der Waals surface area contributed by atoms with E-state index in [0.29, 0.717) is 0 Å². The molecule has 2 atom stereocenters. The molecule has 2 aromatic carbocycles.